The highest BCUT2D eigenvalue weighted by molar-refractivity contribution is 5.85. The molecule has 1 heterocycles. The molecule has 1 aromatic heterocycles. The SMILES string of the molecule is CC/C(C)=C/C=C(C)\C=C(/C)NC(c1ccc(OC(C)C)cc1)c1ccc2cccnc2c1O. The maximum atomic E-state index is 11.2. The Balaban J connectivity index is 2.01. The van der Waals surface area contributed by atoms with Crippen LogP contribution >= 0.6 is 0 Å². The summed E-state index contributed by atoms with van der Waals surface area (Å²) in [5.74, 6) is 1.02. The van der Waals surface area contributed by atoms with Crippen molar-refractivity contribution in [2.75, 3.05) is 0 Å². The minimum absolute atomic E-state index is 0.112. The van der Waals surface area contributed by atoms with E-state index in [1.807, 2.05) is 69.3 Å². The number of aromatic hydroxyl groups is 1. The van der Waals surface area contributed by atoms with Gasteiger partial charge < -0.3 is 15.2 Å². The Morgan fingerprint density at radius 2 is 1.76 bits per heavy atom. The first-order chi connectivity index (χ1) is 16.3. The van der Waals surface area contributed by atoms with E-state index in [0.717, 1.165) is 40.0 Å². The third-order valence-corrected chi connectivity index (χ3v) is 5.68. The molecule has 2 aromatic carbocycles. The van der Waals surface area contributed by atoms with E-state index in [1.165, 1.54) is 5.57 Å². The van der Waals surface area contributed by atoms with Crippen LogP contribution in [0.15, 0.2) is 89.8 Å². The molecule has 0 aliphatic heterocycles. The Hall–Kier alpha value is -3.53. The molecule has 4 heteroatoms. The third-order valence-electron chi connectivity index (χ3n) is 5.68. The average molecular weight is 457 g/mol. The lowest BCUT2D eigenvalue weighted by molar-refractivity contribution is 0.242. The normalized spacial score (nSPS) is 13.9. The fourth-order valence-corrected chi connectivity index (χ4v) is 3.78. The summed E-state index contributed by atoms with van der Waals surface area (Å²) in [5, 5.41) is 15.7. The summed E-state index contributed by atoms with van der Waals surface area (Å²) in [7, 11) is 0. The number of pyridine rings is 1. The highest BCUT2D eigenvalue weighted by Gasteiger charge is 2.20. The van der Waals surface area contributed by atoms with Crippen molar-refractivity contribution in [3.63, 3.8) is 0 Å². The highest BCUT2D eigenvalue weighted by Crippen LogP contribution is 2.35. The molecular weight excluding hydrogens is 420 g/mol. The van der Waals surface area contributed by atoms with Crippen LogP contribution in [0.2, 0.25) is 0 Å². The van der Waals surface area contributed by atoms with Gasteiger partial charge in [-0.25, -0.2) is 0 Å². The van der Waals surface area contributed by atoms with Crippen molar-refractivity contribution in [3.8, 4) is 11.5 Å². The second-order valence-electron chi connectivity index (χ2n) is 9.00. The molecule has 0 fully saturated rings. The molecule has 3 rings (SSSR count). The molecule has 3 aromatic rings. The van der Waals surface area contributed by atoms with Gasteiger partial charge in [0.2, 0.25) is 0 Å². The van der Waals surface area contributed by atoms with Gasteiger partial charge in [0.05, 0.1) is 12.1 Å². The minimum atomic E-state index is -0.253. The van der Waals surface area contributed by atoms with Gasteiger partial charge in [0.1, 0.15) is 17.0 Å². The predicted octanol–water partition coefficient (Wildman–Crippen LogP) is 7.61. The smallest absolute Gasteiger partial charge is 0.147 e. The molecule has 0 saturated carbocycles. The number of aromatic nitrogens is 1. The molecule has 1 atom stereocenters. The van der Waals surface area contributed by atoms with E-state index in [4.69, 9.17) is 4.74 Å². The van der Waals surface area contributed by atoms with Gasteiger partial charge in [0.15, 0.2) is 0 Å². The number of phenols is 1. The fourth-order valence-electron chi connectivity index (χ4n) is 3.78. The van der Waals surface area contributed by atoms with Crippen molar-refractivity contribution < 1.29 is 9.84 Å². The van der Waals surface area contributed by atoms with Crippen LogP contribution in [0.25, 0.3) is 10.9 Å². The van der Waals surface area contributed by atoms with Crippen LogP contribution < -0.4 is 10.1 Å². The first-order valence-electron chi connectivity index (χ1n) is 11.9. The zero-order valence-electron chi connectivity index (χ0n) is 21.1. The summed E-state index contributed by atoms with van der Waals surface area (Å²) in [4.78, 5) is 4.41. The van der Waals surface area contributed by atoms with Gasteiger partial charge in [-0.1, -0.05) is 55.0 Å². The van der Waals surface area contributed by atoms with Gasteiger partial charge in [-0.3, -0.25) is 4.98 Å². The number of nitrogens with zero attached hydrogens (tertiary/aromatic N) is 1. The molecule has 0 aliphatic carbocycles. The van der Waals surface area contributed by atoms with E-state index in [1.54, 1.807) is 6.20 Å². The Morgan fingerprint density at radius 1 is 1.03 bits per heavy atom. The van der Waals surface area contributed by atoms with Gasteiger partial charge in [-0.05, 0) is 76.5 Å². The van der Waals surface area contributed by atoms with Gasteiger partial charge >= 0.3 is 0 Å². The molecular formula is C30H36N2O2. The largest absolute Gasteiger partial charge is 0.505 e. The zero-order valence-corrected chi connectivity index (χ0v) is 21.1. The van der Waals surface area contributed by atoms with Gasteiger partial charge in [-0.15, -0.1) is 0 Å². The van der Waals surface area contributed by atoms with Crippen molar-refractivity contribution in [2.24, 2.45) is 0 Å². The monoisotopic (exact) mass is 456 g/mol. The maximum Gasteiger partial charge on any atom is 0.147 e. The lowest BCUT2D eigenvalue weighted by Crippen LogP contribution is -2.21. The van der Waals surface area contributed by atoms with Crippen molar-refractivity contribution in [3.05, 3.63) is 101 Å². The van der Waals surface area contributed by atoms with E-state index in [9.17, 15) is 5.11 Å². The lowest BCUT2D eigenvalue weighted by atomic mass is 9.95. The van der Waals surface area contributed by atoms with Crippen LogP contribution in [-0.2, 0) is 0 Å². The van der Waals surface area contributed by atoms with Gasteiger partial charge in [0.25, 0.3) is 0 Å². The number of hydrogen-bond acceptors (Lipinski definition) is 4. The Morgan fingerprint density at radius 3 is 2.44 bits per heavy atom. The van der Waals surface area contributed by atoms with Gasteiger partial charge in [0, 0.05) is 22.8 Å². The second kappa shape index (κ2) is 11.6. The molecule has 0 aliphatic rings. The van der Waals surface area contributed by atoms with Crippen molar-refractivity contribution in [2.45, 2.75) is 60.1 Å². The van der Waals surface area contributed by atoms with Crippen molar-refractivity contribution in [1.82, 2.24) is 10.3 Å². The summed E-state index contributed by atoms with van der Waals surface area (Å²) in [6.45, 7) is 12.5. The average Bonchev–Trinajstić information content (AvgIpc) is 2.82. The number of phenolic OH excluding ortho intramolecular Hbond substituents is 1. The Labute approximate surface area is 203 Å². The van der Waals surface area contributed by atoms with Crippen LogP contribution in [0.3, 0.4) is 0 Å². The van der Waals surface area contributed by atoms with E-state index in [2.05, 4.69) is 49.3 Å². The molecule has 178 valence electrons. The topological polar surface area (TPSA) is 54.4 Å². The number of allylic oxidation sites excluding steroid dienone is 6. The predicted molar refractivity (Wildman–Crippen MR) is 142 cm³/mol. The number of rotatable bonds is 9. The van der Waals surface area contributed by atoms with Gasteiger partial charge in [-0.2, -0.15) is 0 Å². The first kappa shape index (κ1) is 25.1. The zero-order chi connectivity index (χ0) is 24.7. The number of hydrogen-bond donors (Lipinski definition) is 2. The maximum absolute atomic E-state index is 11.2. The van der Waals surface area contributed by atoms with Crippen LogP contribution in [0.4, 0.5) is 0 Å². The molecule has 0 radical (unpaired) electrons. The third kappa shape index (κ3) is 6.50. The van der Waals surface area contributed by atoms with E-state index in [0.29, 0.717) is 5.52 Å². The summed E-state index contributed by atoms with van der Waals surface area (Å²) in [5.41, 5.74) is 5.90. The molecule has 34 heavy (non-hydrogen) atoms. The quantitative estimate of drug-likeness (QED) is 0.325. The molecule has 2 N–H and O–H groups in total. The van der Waals surface area contributed by atoms with Crippen molar-refractivity contribution >= 4 is 10.9 Å². The molecule has 4 nitrogen and oxygen atoms in total. The Bertz CT molecular complexity index is 1200. The molecule has 0 saturated heterocycles. The number of nitrogens with one attached hydrogen (secondary N) is 1. The van der Waals surface area contributed by atoms with Crippen LogP contribution in [0.5, 0.6) is 11.5 Å². The molecule has 0 spiro atoms. The number of fused-ring (bicyclic) bond motifs is 1. The minimum Gasteiger partial charge on any atom is -0.505 e. The second-order valence-corrected chi connectivity index (χ2v) is 9.00. The summed E-state index contributed by atoms with van der Waals surface area (Å²) in [6.07, 6.45) is 9.27. The molecule has 0 amide bonds. The highest BCUT2D eigenvalue weighted by atomic mass is 16.5. The molecule has 1 unspecified atom stereocenters. The number of ether oxygens (including phenoxy) is 1. The summed E-state index contributed by atoms with van der Waals surface area (Å²) in [6, 6.07) is 15.6. The first-order valence-corrected chi connectivity index (χ1v) is 11.9. The van der Waals surface area contributed by atoms with Crippen LogP contribution in [0, 0.1) is 0 Å². The van der Waals surface area contributed by atoms with Crippen LogP contribution in [-0.4, -0.2) is 16.2 Å². The van der Waals surface area contributed by atoms with E-state index >= 15 is 0 Å². The summed E-state index contributed by atoms with van der Waals surface area (Å²) >= 11 is 0. The standard InChI is InChI=1S/C30H36N2O2/c1-7-21(4)10-11-22(5)19-23(6)32-28(25-12-15-26(16-13-25)34-20(2)3)27-17-14-24-9-8-18-31-29(24)30(27)33/h8-20,28,32-33H,7H2,1-6H3/b21-10+,22-11-,23-19+. The fraction of sp³-hybridized carbons (Fsp3) is 0.300. The lowest BCUT2D eigenvalue weighted by Gasteiger charge is -2.23. The van der Waals surface area contributed by atoms with E-state index < -0.39 is 0 Å². The summed E-state index contributed by atoms with van der Waals surface area (Å²) < 4.78 is 5.82. The Kier molecular flexibility index (Phi) is 8.53. The number of benzene rings is 2. The van der Waals surface area contributed by atoms with Crippen molar-refractivity contribution in [1.29, 1.82) is 0 Å². The van der Waals surface area contributed by atoms with Crippen LogP contribution in [0.1, 0.15) is 65.1 Å². The van der Waals surface area contributed by atoms with E-state index in [-0.39, 0.29) is 17.9 Å². The molecule has 0 bridgehead atoms.